The first kappa shape index (κ1) is 11.3. The highest BCUT2D eigenvalue weighted by Crippen LogP contribution is 2.30. The zero-order chi connectivity index (χ0) is 13.4. The highest BCUT2D eigenvalue weighted by atomic mass is 16.3. The molecule has 2 aromatic heterocycles. The molecule has 3 aromatic rings. The summed E-state index contributed by atoms with van der Waals surface area (Å²) in [5, 5.41) is 19.6. The molecular formula is C15H11N3O. The van der Waals surface area contributed by atoms with Gasteiger partial charge in [0.15, 0.2) is 5.75 Å². The van der Waals surface area contributed by atoms with E-state index in [4.69, 9.17) is 5.26 Å². The van der Waals surface area contributed by atoms with Gasteiger partial charge in [0, 0.05) is 29.7 Å². The Hall–Kier alpha value is -2.80. The Balaban J connectivity index is 2.28. The van der Waals surface area contributed by atoms with E-state index in [1.807, 2.05) is 48.1 Å². The van der Waals surface area contributed by atoms with Gasteiger partial charge >= 0.3 is 0 Å². The second kappa shape index (κ2) is 4.14. The Labute approximate surface area is 110 Å². The van der Waals surface area contributed by atoms with Crippen molar-refractivity contribution in [2.45, 2.75) is 0 Å². The van der Waals surface area contributed by atoms with Gasteiger partial charge < -0.3 is 9.67 Å². The summed E-state index contributed by atoms with van der Waals surface area (Å²) < 4.78 is 2.02. The summed E-state index contributed by atoms with van der Waals surface area (Å²) in [7, 11) is 1.97. The quantitative estimate of drug-likeness (QED) is 0.721. The standard InChI is InChI=1S/C15H11N3O/c1-18-9-12(11-4-2-3-5-14(11)18)13-6-10(7-16)15(19)8-17-13/h2-6,8-9,19H,1H3. The van der Waals surface area contributed by atoms with E-state index in [0.29, 0.717) is 5.69 Å². The molecule has 19 heavy (non-hydrogen) atoms. The van der Waals surface area contributed by atoms with Gasteiger partial charge in [0.1, 0.15) is 6.07 Å². The van der Waals surface area contributed by atoms with Crippen LogP contribution in [0.4, 0.5) is 0 Å². The van der Waals surface area contributed by atoms with Crippen molar-refractivity contribution in [2.24, 2.45) is 7.05 Å². The molecule has 0 bridgehead atoms. The number of aryl methyl sites for hydroxylation is 1. The van der Waals surface area contributed by atoms with E-state index < -0.39 is 0 Å². The Bertz CT molecular complexity index is 812. The van der Waals surface area contributed by atoms with E-state index in [1.165, 1.54) is 6.20 Å². The van der Waals surface area contributed by atoms with Gasteiger partial charge in [-0.15, -0.1) is 0 Å². The van der Waals surface area contributed by atoms with Crippen LogP contribution in [-0.4, -0.2) is 14.7 Å². The van der Waals surface area contributed by atoms with Crippen molar-refractivity contribution in [3.05, 3.63) is 48.3 Å². The Morgan fingerprint density at radius 1 is 1.32 bits per heavy atom. The van der Waals surface area contributed by atoms with Crippen molar-refractivity contribution in [3.8, 4) is 23.1 Å². The molecular weight excluding hydrogens is 238 g/mol. The summed E-state index contributed by atoms with van der Waals surface area (Å²) >= 11 is 0. The monoisotopic (exact) mass is 249 g/mol. The first-order valence-electron chi connectivity index (χ1n) is 5.84. The summed E-state index contributed by atoms with van der Waals surface area (Å²) in [5.74, 6) is -0.0912. The van der Waals surface area contributed by atoms with Gasteiger partial charge in [0.2, 0.25) is 0 Å². The lowest BCUT2D eigenvalue weighted by Crippen LogP contribution is -1.85. The van der Waals surface area contributed by atoms with Crippen molar-refractivity contribution in [3.63, 3.8) is 0 Å². The van der Waals surface area contributed by atoms with Gasteiger partial charge in [0.25, 0.3) is 0 Å². The summed E-state index contributed by atoms with van der Waals surface area (Å²) in [5.41, 5.74) is 2.98. The lowest BCUT2D eigenvalue weighted by molar-refractivity contribution is 0.471. The molecule has 0 aliphatic rings. The van der Waals surface area contributed by atoms with Crippen molar-refractivity contribution in [1.29, 1.82) is 5.26 Å². The van der Waals surface area contributed by atoms with E-state index >= 15 is 0 Å². The second-order valence-corrected chi connectivity index (χ2v) is 4.37. The topological polar surface area (TPSA) is 61.8 Å². The molecule has 2 heterocycles. The molecule has 0 amide bonds. The van der Waals surface area contributed by atoms with Crippen LogP contribution in [0.5, 0.6) is 5.75 Å². The lowest BCUT2D eigenvalue weighted by atomic mass is 10.1. The van der Waals surface area contributed by atoms with E-state index in [1.54, 1.807) is 6.07 Å². The minimum absolute atomic E-state index is 0.0912. The second-order valence-electron chi connectivity index (χ2n) is 4.37. The molecule has 0 saturated heterocycles. The third-order valence-corrected chi connectivity index (χ3v) is 3.18. The molecule has 1 aromatic carbocycles. The number of benzene rings is 1. The predicted octanol–water partition coefficient (Wildman–Crippen LogP) is 2.82. The van der Waals surface area contributed by atoms with Gasteiger partial charge in [-0.1, -0.05) is 18.2 Å². The van der Waals surface area contributed by atoms with E-state index in [0.717, 1.165) is 16.5 Å². The number of aromatic hydroxyl groups is 1. The normalized spacial score (nSPS) is 10.5. The van der Waals surface area contributed by atoms with Crippen LogP contribution in [0.2, 0.25) is 0 Å². The number of nitrogens with zero attached hydrogens (tertiary/aromatic N) is 3. The summed E-state index contributed by atoms with van der Waals surface area (Å²) in [4.78, 5) is 4.21. The summed E-state index contributed by atoms with van der Waals surface area (Å²) in [6.45, 7) is 0. The smallest absolute Gasteiger partial charge is 0.151 e. The SMILES string of the molecule is Cn1cc(-c2cc(C#N)c(O)cn2)c2ccccc21. The molecule has 0 radical (unpaired) electrons. The van der Waals surface area contributed by atoms with Crippen LogP contribution in [0, 0.1) is 11.3 Å². The summed E-state index contributed by atoms with van der Waals surface area (Å²) in [6.07, 6.45) is 3.29. The molecule has 0 saturated carbocycles. The minimum Gasteiger partial charge on any atom is -0.505 e. The zero-order valence-corrected chi connectivity index (χ0v) is 10.3. The van der Waals surface area contributed by atoms with Crippen LogP contribution in [0.25, 0.3) is 22.2 Å². The van der Waals surface area contributed by atoms with Crippen molar-refractivity contribution >= 4 is 10.9 Å². The average Bonchev–Trinajstić information content (AvgIpc) is 2.77. The summed E-state index contributed by atoms with van der Waals surface area (Å²) in [6, 6.07) is 11.6. The van der Waals surface area contributed by atoms with Crippen LogP contribution in [0.15, 0.2) is 42.7 Å². The van der Waals surface area contributed by atoms with E-state index in [2.05, 4.69) is 4.98 Å². The van der Waals surface area contributed by atoms with Gasteiger partial charge in [-0.05, 0) is 12.1 Å². The molecule has 1 N–H and O–H groups in total. The number of hydrogen-bond acceptors (Lipinski definition) is 3. The number of aromatic nitrogens is 2. The van der Waals surface area contributed by atoms with Crippen LogP contribution in [0.1, 0.15) is 5.56 Å². The Morgan fingerprint density at radius 2 is 2.11 bits per heavy atom. The van der Waals surface area contributed by atoms with Crippen LogP contribution < -0.4 is 0 Å². The highest BCUT2D eigenvalue weighted by Gasteiger charge is 2.11. The molecule has 92 valence electrons. The molecule has 3 rings (SSSR count). The van der Waals surface area contributed by atoms with E-state index in [-0.39, 0.29) is 11.3 Å². The zero-order valence-electron chi connectivity index (χ0n) is 10.3. The third-order valence-electron chi connectivity index (χ3n) is 3.18. The molecule has 0 unspecified atom stereocenters. The van der Waals surface area contributed by atoms with Crippen molar-refractivity contribution < 1.29 is 5.11 Å². The molecule has 0 fully saturated rings. The average molecular weight is 249 g/mol. The number of pyridine rings is 1. The molecule has 0 aliphatic heterocycles. The molecule has 0 aliphatic carbocycles. The molecule has 0 atom stereocenters. The van der Waals surface area contributed by atoms with Gasteiger partial charge in [-0.2, -0.15) is 5.26 Å². The van der Waals surface area contributed by atoms with Crippen molar-refractivity contribution in [2.75, 3.05) is 0 Å². The predicted molar refractivity (Wildman–Crippen MR) is 72.5 cm³/mol. The third kappa shape index (κ3) is 1.72. The first-order chi connectivity index (χ1) is 9.20. The number of fused-ring (bicyclic) bond motifs is 1. The highest BCUT2D eigenvalue weighted by molar-refractivity contribution is 5.95. The Kier molecular flexibility index (Phi) is 2.46. The van der Waals surface area contributed by atoms with Gasteiger partial charge in [-0.25, -0.2) is 0 Å². The molecule has 4 heteroatoms. The number of hydrogen-bond donors (Lipinski definition) is 1. The maximum atomic E-state index is 9.51. The first-order valence-corrected chi connectivity index (χ1v) is 5.84. The van der Waals surface area contributed by atoms with Crippen LogP contribution >= 0.6 is 0 Å². The van der Waals surface area contributed by atoms with E-state index in [9.17, 15) is 5.11 Å². The fraction of sp³-hybridized carbons (Fsp3) is 0.0667. The minimum atomic E-state index is -0.0912. The largest absolute Gasteiger partial charge is 0.505 e. The van der Waals surface area contributed by atoms with Crippen LogP contribution in [-0.2, 0) is 7.05 Å². The van der Waals surface area contributed by atoms with Gasteiger partial charge in [-0.3, -0.25) is 4.98 Å². The molecule has 0 spiro atoms. The fourth-order valence-electron chi connectivity index (χ4n) is 2.23. The maximum absolute atomic E-state index is 9.51. The van der Waals surface area contributed by atoms with Crippen molar-refractivity contribution in [1.82, 2.24) is 9.55 Å². The lowest BCUT2D eigenvalue weighted by Gasteiger charge is -2.01. The van der Waals surface area contributed by atoms with Crippen LogP contribution in [0.3, 0.4) is 0 Å². The molecule has 4 nitrogen and oxygen atoms in total. The maximum Gasteiger partial charge on any atom is 0.151 e. The number of rotatable bonds is 1. The number of para-hydroxylation sites is 1. The number of nitriles is 1. The fourth-order valence-corrected chi connectivity index (χ4v) is 2.23. The Morgan fingerprint density at radius 3 is 2.89 bits per heavy atom. The van der Waals surface area contributed by atoms with Gasteiger partial charge in [0.05, 0.1) is 17.5 Å².